The molecule has 168 valence electrons. The van der Waals surface area contributed by atoms with Crippen molar-refractivity contribution >= 4 is 23.3 Å². The Kier molecular flexibility index (Phi) is 8.41. The van der Waals surface area contributed by atoms with Gasteiger partial charge in [-0.25, -0.2) is 9.18 Å². The maximum absolute atomic E-state index is 13.5. The standard InChI is InChI=1S/C20H23FN2O.C2HF3O2/c1-2-17(15-8-7-9-16(21)14-15)20(24)22-18-10-3-4-11-19(18)23-12-5-6-13-23;3-2(4,5)1(6)7/h3-4,7-11,14,17H,2,5-6,12-13H2,1H3,(H,22,24);(H,6,7). The molecule has 2 N–H and O–H groups in total. The van der Waals surface area contributed by atoms with Gasteiger partial charge in [0, 0.05) is 13.1 Å². The number of rotatable bonds is 5. The highest BCUT2D eigenvalue weighted by Gasteiger charge is 2.38. The molecule has 0 bridgehead atoms. The van der Waals surface area contributed by atoms with Gasteiger partial charge in [0.25, 0.3) is 0 Å². The van der Waals surface area contributed by atoms with E-state index in [-0.39, 0.29) is 17.6 Å². The van der Waals surface area contributed by atoms with Crippen LogP contribution in [-0.2, 0) is 9.59 Å². The van der Waals surface area contributed by atoms with Gasteiger partial charge < -0.3 is 15.3 Å². The molecule has 0 saturated carbocycles. The molecule has 5 nitrogen and oxygen atoms in total. The van der Waals surface area contributed by atoms with Crippen molar-refractivity contribution in [3.63, 3.8) is 0 Å². The molecule has 0 radical (unpaired) electrons. The molecule has 1 atom stereocenters. The number of carbonyl (C=O) groups is 2. The first-order chi connectivity index (χ1) is 14.6. The Morgan fingerprint density at radius 3 is 2.26 bits per heavy atom. The van der Waals surface area contributed by atoms with Gasteiger partial charge in [0.2, 0.25) is 5.91 Å². The molecule has 1 aliphatic heterocycles. The molecule has 1 amide bonds. The van der Waals surface area contributed by atoms with Gasteiger partial charge in [-0.15, -0.1) is 0 Å². The van der Waals surface area contributed by atoms with Crippen LogP contribution in [-0.4, -0.2) is 36.2 Å². The fourth-order valence-electron chi connectivity index (χ4n) is 3.33. The lowest BCUT2D eigenvalue weighted by molar-refractivity contribution is -0.192. The van der Waals surface area contributed by atoms with Crippen LogP contribution in [0.1, 0.15) is 37.7 Å². The summed E-state index contributed by atoms with van der Waals surface area (Å²) in [4.78, 5) is 24.0. The molecule has 1 heterocycles. The first-order valence-electron chi connectivity index (χ1n) is 9.84. The molecule has 1 saturated heterocycles. The van der Waals surface area contributed by atoms with Gasteiger partial charge in [0.15, 0.2) is 0 Å². The number of halogens is 4. The lowest BCUT2D eigenvalue weighted by atomic mass is 9.95. The highest BCUT2D eigenvalue weighted by Crippen LogP contribution is 2.30. The number of carbonyl (C=O) groups excluding carboxylic acids is 1. The fraction of sp³-hybridized carbons (Fsp3) is 0.364. The second-order valence-electron chi connectivity index (χ2n) is 7.02. The highest BCUT2D eigenvalue weighted by atomic mass is 19.4. The number of nitrogens with zero attached hydrogens (tertiary/aromatic N) is 1. The summed E-state index contributed by atoms with van der Waals surface area (Å²) in [6.45, 7) is 3.99. The van der Waals surface area contributed by atoms with E-state index in [1.165, 1.54) is 25.0 Å². The third-order valence-electron chi connectivity index (χ3n) is 4.83. The van der Waals surface area contributed by atoms with Gasteiger partial charge in [-0.3, -0.25) is 4.79 Å². The third kappa shape index (κ3) is 6.97. The number of benzene rings is 2. The lowest BCUT2D eigenvalue weighted by Crippen LogP contribution is -2.24. The number of anilines is 2. The molecule has 1 fully saturated rings. The van der Waals surface area contributed by atoms with Crippen LogP contribution in [0.3, 0.4) is 0 Å². The molecule has 1 aliphatic rings. The number of hydrogen-bond acceptors (Lipinski definition) is 3. The predicted octanol–water partition coefficient (Wildman–Crippen LogP) is 5.19. The van der Waals surface area contributed by atoms with Crippen LogP contribution >= 0.6 is 0 Å². The number of carboxylic acids is 1. The Bertz CT molecular complexity index is 896. The predicted molar refractivity (Wildman–Crippen MR) is 110 cm³/mol. The van der Waals surface area contributed by atoms with Crippen molar-refractivity contribution in [1.29, 1.82) is 0 Å². The average molecular weight is 440 g/mol. The highest BCUT2D eigenvalue weighted by molar-refractivity contribution is 5.98. The minimum atomic E-state index is -5.08. The summed E-state index contributed by atoms with van der Waals surface area (Å²) >= 11 is 0. The second kappa shape index (κ2) is 10.8. The molecule has 1 unspecified atom stereocenters. The van der Waals surface area contributed by atoms with Crippen molar-refractivity contribution in [3.05, 3.63) is 59.9 Å². The van der Waals surface area contributed by atoms with E-state index in [1.54, 1.807) is 6.07 Å². The first-order valence-corrected chi connectivity index (χ1v) is 9.84. The zero-order chi connectivity index (χ0) is 23.0. The number of amides is 1. The minimum Gasteiger partial charge on any atom is -0.475 e. The van der Waals surface area contributed by atoms with Gasteiger partial charge in [-0.1, -0.05) is 31.2 Å². The maximum atomic E-state index is 13.5. The quantitative estimate of drug-likeness (QED) is 0.628. The molecular weight excluding hydrogens is 416 g/mol. The van der Waals surface area contributed by atoms with E-state index < -0.39 is 12.1 Å². The molecule has 2 aromatic rings. The van der Waals surface area contributed by atoms with Crippen LogP contribution in [0.15, 0.2) is 48.5 Å². The fourth-order valence-corrected chi connectivity index (χ4v) is 3.33. The molecule has 0 aliphatic carbocycles. The largest absolute Gasteiger partial charge is 0.490 e. The SMILES string of the molecule is CCC(C(=O)Nc1ccccc1N1CCCC1)c1cccc(F)c1.O=C(O)C(F)(F)F. The van der Waals surface area contributed by atoms with Gasteiger partial charge >= 0.3 is 12.1 Å². The van der Waals surface area contributed by atoms with E-state index in [0.717, 1.165) is 24.5 Å². The van der Waals surface area contributed by atoms with Gasteiger partial charge in [0.05, 0.1) is 17.3 Å². The van der Waals surface area contributed by atoms with Crippen LogP contribution < -0.4 is 10.2 Å². The number of aliphatic carboxylic acids is 1. The van der Waals surface area contributed by atoms with E-state index in [0.29, 0.717) is 12.0 Å². The minimum absolute atomic E-state index is 0.0882. The summed E-state index contributed by atoms with van der Waals surface area (Å²) in [5, 5.41) is 10.2. The smallest absolute Gasteiger partial charge is 0.475 e. The van der Waals surface area contributed by atoms with E-state index in [9.17, 15) is 22.4 Å². The van der Waals surface area contributed by atoms with Crippen LogP contribution in [0.5, 0.6) is 0 Å². The molecule has 0 spiro atoms. The van der Waals surface area contributed by atoms with Crippen LogP contribution in [0, 0.1) is 5.82 Å². The van der Waals surface area contributed by atoms with E-state index in [2.05, 4.69) is 10.2 Å². The van der Waals surface area contributed by atoms with Crippen LogP contribution in [0.4, 0.5) is 28.9 Å². The van der Waals surface area contributed by atoms with E-state index in [4.69, 9.17) is 9.90 Å². The van der Waals surface area contributed by atoms with Crippen LogP contribution in [0.25, 0.3) is 0 Å². The normalized spacial score (nSPS) is 14.4. The second-order valence-corrected chi connectivity index (χ2v) is 7.02. The van der Waals surface area contributed by atoms with Crippen molar-refractivity contribution < 1.29 is 32.3 Å². The summed E-state index contributed by atoms with van der Waals surface area (Å²) in [5.74, 6) is -3.51. The number of para-hydroxylation sites is 2. The first kappa shape index (κ1) is 24.2. The number of alkyl halides is 3. The van der Waals surface area contributed by atoms with Gasteiger partial charge in [-0.2, -0.15) is 13.2 Å². The molecule has 9 heteroatoms. The Hall–Kier alpha value is -3.10. The summed E-state index contributed by atoms with van der Waals surface area (Å²) in [6.07, 6.45) is -2.09. The Labute approximate surface area is 177 Å². The van der Waals surface area contributed by atoms with Crippen molar-refractivity contribution in [1.82, 2.24) is 0 Å². The number of carboxylic acid groups (broad SMARTS) is 1. The van der Waals surface area contributed by atoms with Crippen molar-refractivity contribution in [3.8, 4) is 0 Å². The lowest BCUT2D eigenvalue weighted by Gasteiger charge is -2.23. The molecule has 2 aromatic carbocycles. The zero-order valence-electron chi connectivity index (χ0n) is 17.0. The Morgan fingerprint density at radius 2 is 1.71 bits per heavy atom. The van der Waals surface area contributed by atoms with Gasteiger partial charge in [-0.05, 0) is 49.1 Å². The zero-order valence-corrected chi connectivity index (χ0v) is 17.0. The molecule has 31 heavy (non-hydrogen) atoms. The topological polar surface area (TPSA) is 69.6 Å². The van der Waals surface area contributed by atoms with Crippen LogP contribution in [0.2, 0.25) is 0 Å². The monoisotopic (exact) mass is 440 g/mol. The summed E-state index contributed by atoms with van der Waals surface area (Å²) in [5.41, 5.74) is 2.62. The third-order valence-corrected chi connectivity index (χ3v) is 4.83. The maximum Gasteiger partial charge on any atom is 0.490 e. The van der Waals surface area contributed by atoms with E-state index in [1.807, 2.05) is 37.3 Å². The Balaban J connectivity index is 0.000000423. The summed E-state index contributed by atoms with van der Waals surface area (Å²) in [7, 11) is 0. The molecular formula is C22H24F4N2O3. The summed E-state index contributed by atoms with van der Waals surface area (Å²) in [6, 6.07) is 14.2. The Morgan fingerprint density at radius 1 is 1.10 bits per heavy atom. The molecule has 3 rings (SSSR count). The average Bonchev–Trinajstić information content (AvgIpc) is 3.23. The number of hydrogen-bond donors (Lipinski definition) is 2. The number of nitrogens with one attached hydrogen (secondary N) is 1. The van der Waals surface area contributed by atoms with Crippen molar-refractivity contribution in [2.24, 2.45) is 0 Å². The van der Waals surface area contributed by atoms with E-state index >= 15 is 0 Å². The van der Waals surface area contributed by atoms with Gasteiger partial charge in [0.1, 0.15) is 5.82 Å². The molecule has 0 aromatic heterocycles. The van der Waals surface area contributed by atoms with Crippen molar-refractivity contribution in [2.45, 2.75) is 38.3 Å². The summed E-state index contributed by atoms with van der Waals surface area (Å²) < 4.78 is 45.2. The van der Waals surface area contributed by atoms with Crippen molar-refractivity contribution in [2.75, 3.05) is 23.3 Å².